The molecule has 0 unspecified atom stereocenters. The molecule has 0 N–H and O–H groups in total. The van der Waals surface area contributed by atoms with Crippen LogP contribution in [0, 0.1) is 29.8 Å². The smallest absolute Gasteiger partial charge is 0.258 e. The Bertz CT molecular complexity index is 639. The van der Waals surface area contributed by atoms with Crippen molar-refractivity contribution in [1.29, 1.82) is 0 Å². The molecule has 0 amide bonds. The predicted molar refractivity (Wildman–Crippen MR) is 72.6 cm³/mol. The molecule has 0 spiro atoms. The van der Waals surface area contributed by atoms with Crippen molar-refractivity contribution in [2.24, 2.45) is 0 Å². The molecule has 0 aliphatic carbocycles. The highest BCUT2D eigenvalue weighted by Gasteiger charge is 2.32. The molecule has 1 rings (SSSR count). The van der Waals surface area contributed by atoms with Crippen LogP contribution in [0.5, 0.6) is 0 Å². The molecule has 0 heterocycles. The van der Waals surface area contributed by atoms with Gasteiger partial charge in [-0.3, -0.25) is 10.1 Å². The molecule has 0 saturated heterocycles. The van der Waals surface area contributed by atoms with Gasteiger partial charge in [-0.15, -0.1) is 0 Å². The minimum atomic E-state index is -3.87. The van der Waals surface area contributed by atoms with Gasteiger partial charge in [-0.05, 0) is 25.5 Å². The third-order valence-electron chi connectivity index (χ3n) is 3.11. The van der Waals surface area contributed by atoms with Gasteiger partial charge in [0.25, 0.3) is 0 Å². The van der Waals surface area contributed by atoms with Crippen LogP contribution in [0.4, 0.5) is 10.1 Å². The summed E-state index contributed by atoms with van der Waals surface area (Å²) in [5, 5.41) is 10.9. The molecule has 6 nitrogen and oxygen atoms in total. The summed E-state index contributed by atoms with van der Waals surface area (Å²) in [6.45, 7) is 6.50. The number of rotatable bonds is 5. The van der Waals surface area contributed by atoms with Gasteiger partial charge in [-0.1, -0.05) is 13.8 Å². The number of hydrogen-bond acceptors (Lipinski definition) is 4. The molecule has 0 saturated carbocycles. The van der Waals surface area contributed by atoms with Gasteiger partial charge in [0.15, 0.2) is 0 Å². The summed E-state index contributed by atoms with van der Waals surface area (Å²) in [7, 11) is -3.87. The van der Waals surface area contributed by atoms with Crippen LogP contribution >= 0.6 is 0 Å². The maximum absolute atomic E-state index is 13.6. The van der Waals surface area contributed by atoms with E-state index in [1.165, 1.54) is 18.2 Å². The Labute approximate surface area is 117 Å². The lowest BCUT2D eigenvalue weighted by Gasteiger charge is -2.21. The van der Waals surface area contributed by atoms with Crippen molar-refractivity contribution in [3.05, 3.63) is 33.1 Å². The fourth-order valence-corrected chi connectivity index (χ4v) is 4.11. The molecule has 0 aliphatic rings. The monoisotopic (exact) mass is 304 g/mol. The van der Waals surface area contributed by atoms with Crippen LogP contribution in [0.1, 0.15) is 25.0 Å². The molecular formula is C12H17FN2O4S. The van der Waals surface area contributed by atoms with Gasteiger partial charge in [-0.25, -0.2) is 8.42 Å². The topological polar surface area (TPSA) is 80.5 Å². The lowest BCUT2D eigenvalue weighted by molar-refractivity contribution is -0.388. The maximum Gasteiger partial charge on any atom is 0.309 e. The van der Waals surface area contributed by atoms with E-state index in [0.717, 1.165) is 6.07 Å². The second kappa shape index (κ2) is 5.84. The van der Waals surface area contributed by atoms with E-state index in [2.05, 4.69) is 0 Å². The molecule has 0 aromatic heterocycles. The Morgan fingerprint density at radius 3 is 2.20 bits per heavy atom. The minimum absolute atomic E-state index is 0.164. The van der Waals surface area contributed by atoms with E-state index >= 15 is 0 Å². The Balaban J connectivity index is 3.70. The first-order valence-corrected chi connectivity index (χ1v) is 7.56. The lowest BCUT2D eigenvalue weighted by Crippen LogP contribution is -2.31. The van der Waals surface area contributed by atoms with Crippen LogP contribution in [0.3, 0.4) is 0 Å². The van der Waals surface area contributed by atoms with Gasteiger partial charge in [0.2, 0.25) is 15.8 Å². The Hall–Kier alpha value is -1.54. The molecule has 1 aromatic carbocycles. The molecule has 112 valence electrons. The number of halogens is 1. The van der Waals surface area contributed by atoms with Crippen LogP contribution in [-0.2, 0) is 10.0 Å². The predicted octanol–water partition coefficient (Wildman–Crippen LogP) is 2.38. The van der Waals surface area contributed by atoms with E-state index in [4.69, 9.17) is 0 Å². The highest BCUT2D eigenvalue weighted by Crippen LogP contribution is 2.32. The zero-order valence-electron chi connectivity index (χ0n) is 11.8. The lowest BCUT2D eigenvalue weighted by atomic mass is 10.1. The second-order valence-electron chi connectivity index (χ2n) is 4.32. The zero-order valence-corrected chi connectivity index (χ0v) is 12.6. The van der Waals surface area contributed by atoms with Crippen LogP contribution in [0.15, 0.2) is 11.0 Å². The molecule has 8 heteroatoms. The first-order valence-electron chi connectivity index (χ1n) is 6.12. The van der Waals surface area contributed by atoms with Gasteiger partial charge in [0, 0.05) is 13.1 Å². The van der Waals surface area contributed by atoms with Crippen molar-refractivity contribution in [1.82, 2.24) is 4.31 Å². The van der Waals surface area contributed by atoms with Gasteiger partial charge < -0.3 is 0 Å². The molecule has 0 aliphatic heterocycles. The average Bonchev–Trinajstić information content (AvgIpc) is 2.27. The van der Waals surface area contributed by atoms with Crippen molar-refractivity contribution in [2.45, 2.75) is 32.6 Å². The number of benzene rings is 1. The van der Waals surface area contributed by atoms with Crippen LogP contribution in [-0.4, -0.2) is 30.7 Å². The van der Waals surface area contributed by atoms with Crippen molar-refractivity contribution in [2.75, 3.05) is 13.1 Å². The molecule has 0 fully saturated rings. The summed E-state index contributed by atoms with van der Waals surface area (Å²) in [6, 6.07) is 0.890. The van der Waals surface area contributed by atoms with E-state index < -0.39 is 26.5 Å². The van der Waals surface area contributed by atoms with E-state index in [9.17, 15) is 22.9 Å². The largest absolute Gasteiger partial charge is 0.309 e. The highest BCUT2D eigenvalue weighted by molar-refractivity contribution is 7.89. The Morgan fingerprint density at radius 2 is 1.80 bits per heavy atom. The fraction of sp³-hybridized carbons (Fsp3) is 0.500. The van der Waals surface area contributed by atoms with Gasteiger partial charge in [0.1, 0.15) is 0 Å². The Kier molecular flexibility index (Phi) is 4.82. The number of nitrogens with zero attached hydrogens (tertiary/aromatic N) is 2. The third-order valence-corrected chi connectivity index (χ3v) is 5.45. The van der Waals surface area contributed by atoms with Crippen molar-refractivity contribution in [3.63, 3.8) is 0 Å². The summed E-state index contributed by atoms with van der Waals surface area (Å²) < 4.78 is 39.8. The van der Waals surface area contributed by atoms with E-state index in [1.54, 1.807) is 13.8 Å². The summed E-state index contributed by atoms with van der Waals surface area (Å²) in [5.41, 5.74) is -0.793. The average molecular weight is 304 g/mol. The summed E-state index contributed by atoms with van der Waals surface area (Å²) in [4.78, 5) is 9.82. The molecule has 0 radical (unpaired) electrons. The van der Waals surface area contributed by atoms with E-state index in [-0.39, 0.29) is 29.1 Å². The molecular weight excluding hydrogens is 287 g/mol. The van der Waals surface area contributed by atoms with Crippen LogP contribution in [0.2, 0.25) is 0 Å². The standard InChI is InChI=1S/C12H17FN2O4S/c1-5-14(6-2)20(18,19)12-8(3)7-10(13)11(9(12)4)15(16)17/h7H,5-6H2,1-4H3. The summed E-state index contributed by atoms with van der Waals surface area (Å²) in [5.74, 6) is -1.02. The number of hydrogen-bond donors (Lipinski definition) is 0. The molecule has 0 atom stereocenters. The fourth-order valence-electron chi connectivity index (χ4n) is 2.22. The number of aryl methyl sites for hydroxylation is 1. The van der Waals surface area contributed by atoms with Gasteiger partial charge in [-0.2, -0.15) is 8.70 Å². The minimum Gasteiger partial charge on any atom is -0.258 e. The van der Waals surface area contributed by atoms with Gasteiger partial charge in [0.05, 0.1) is 15.4 Å². The first kappa shape index (κ1) is 16.5. The van der Waals surface area contributed by atoms with Crippen LogP contribution < -0.4 is 0 Å². The molecule has 20 heavy (non-hydrogen) atoms. The quantitative estimate of drug-likeness (QED) is 0.618. The number of nitro benzene ring substituents is 1. The molecule has 0 bridgehead atoms. The zero-order chi connectivity index (χ0) is 15.7. The van der Waals surface area contributed by atoms with Crippen molar-refractivity contribution >= 4 is 15.7 Å². The van der Waals surface area contributed by atoms with Crippen molar-refractivity contribution < 1.29 is 17.7 Å². The van der Waals surface area contributed by atoms with E-state index in [1.807, 2.05) is 0 Å². The number of nitro groups is 1. The third kappa shape index (κ3) is 2.66. The molecule has 1 aromatic rings. The highest BCUT2D eigenvalue weighted by atomic mass is 32.2. The normalized spacial score (nSPS) is 11.9. The van der Waals surface area contributed by atoms with Crippen molar-refractivity contribution in [3.8, 4) is 0 Å². The maximum atomic E-state index is 13.6. The Morgan fingerprint density at radius 1 is 1.30 bits per heavy atom. The number of sulfonamides is 1. The van der Waals surface area contributed by atoms with E-state index in [0.29, 0.717) is 0 Å². The SMILES string of the molecule is CCN(CC)S(=O)(=O)c1c(C)cc(F)c([N+](=O)[O-])c1C. The second-order valence-corrected chi connectivity index (χ2v) is 6.20. The van der Waals surface area contributed by atoms with Gasteiger partial charge >= 0.3 is 5.69 Å². The van der Waals surface area contributed by atoms with Crippen LogP contribution in [0.25, 0.3) is 0 Å². The summed E-state index contributed by atoms with van der Waals surface area (Å²) >= 11 is 0. The summed E-state index contributed by atoms with van der Waals surface area (Å²) in [6.07, 6.45) is 0. The first-order chi connectivity index (χ1) is 9.18.